The topological polar surface area (TPSA) is 28.4 Å². The molecular formula is C16H28N2O. The molecule has 0 radical (unpaired) electrons. The first-order valence-electron chi connectivity index (χ1n) is 7.74. The molecule has 1 aliphatic carbocycles. The van der Waals surface area contributed by atoms with Crippen LogP contribution in [0.2, 0.25) is 0 Å². The minimum Gasteiger partial charge on any atom is -0.468 e. The second-order valence-electron chi connectivity index (χ2n) is 5.89. The largest absolute Gasteiger partial charge is 0.468 e. The highest BCUT2D eigenvalue weighted by atomic mass is 16.3. The molecule has 3 nitrogen and oxygen atoms in total. The molecular weight excluding hydrogens is 236 g/mol. The van der Waals surface area contributed by atoms with E-state index in [1.807, 2.05) is 6.26 Å². The quantitative estimate of drug-likeness (QED) is 0.729. The standard InChI is InChI=1S/C16H28N2O/c1-3-9-17-11-15-8-10-19-16(15)13-18(2)12-14-6-4-5-7-14/h8,10,14,17H,3-7,9,11-13H2,1-2H3. The van der Waals surface area contributed by atoms with Crippen LogP contribution in [-0.4, -0.2) is 25.0 Å². The summed E-state index contributed by atoms with van der Waals surface area (Å²) in [5.41, 5.74) is 1.31. The normalized spacial score (nSPS) is 16.6. The highest BCUT2D eigenvalue weighted by Gasteiger charge is 2.18. The minimum absolute atomic E-state index is 0.904. The van der Waals surface area contributed by atoms with Crippen LogP contribution in [0.3, 0.4) is 0 Å². The summed E-state index contributed by atoms with van der Waals surface area (Å²) in [6.07, 6.45) is 8.66. The Morgan fingerprint density at radius 3 is 2.89 bits per heavy atom. The minimum atomic E-state index is 0.904. The molecule has 108 valence electrons. The first-order chi connectivity index (χ1) is 9.29. The monoisotopic (exact) mass is 264 g/mol. The van der Waals surface area contributed by atoms with E-state index in [9.17, 15) is 0 Å². The lowest BCUT2D eigenvalue weighted by Gasteiger charge is -2.20. The first-order valence-corrected chi connectivity index (χ1v) is 7.74. The van der Waals surface area contributed by atoms with Gasteiger partial charge >= 0.3 is 0 Å². The number of hydrogen-bond acceptors (Lipinski definition) is 3. The lowest BCUT2D eigenvalue weighted by atomic mass is 10.1. The molecule has 1 aromatic rings. The van der Waals surface area contributed by atoms with Crippen LogP contribution in [0.5, 0.6) is 0 Å². The average Bonchev–Trinajstić information content (AvgIpc) is 3.02. The zero-order chi connectivity index (χ0) is 13.5. The molecule has 2 rings (SSSR count). The van der Waals surface area contributed by atoms with Gasteiger partial charge in [0, 0.05) is 18.7 Å². The summed E-state index contributed by atoms with van der Waals surface area (Å²) in [5, 5.41) is 3.45. The second-order valence-corrected chi connectivity index (χ2v) is 5.89. The molecule has 0 amide bonds. The molecule has 0 atom stereocenters. The molecule has 1 saturated carbocycles. The van der Waals surface area contributed by atoms with Crippen molar-refractivity contribution < 1.29 is 4.42 Å². The van der Waals surface area contributed by atoms with Gasteiger partial charge in [0.1, 0.15) is 5.76 Å². The van der Waals surface area contributed by atoms with E-state index in [1.165, 1.54) is 44.2 Å². The highest BCUT2D eigenvalue weighted by Crippen LogP contribution is 2.25. The van der Waals surface area contributed by atoms with Gasteiger partial charge in [0.05, 0.1) is 12.8 Å². The van der Waals surface area contributed by atoms with Gasteiger partial charge < -0.3 is 9.73 Å². The van der Waals surface area contributed by atoms with Crippen LogP contribution >= 0.6 is 0 Å². The van der Waals surface area contributed by atoms with E-state index in [1.54, 1.807) is 0 Å². The zero-order valence-electron chi connectivity index (χ0n) is 12.5. The van der Waals surface area contributed by atoms with E-state index in [-0.39, 0.29) is 0 Å². The van der Waals surface area contributed by atoms with Crippen LogP contribution in [0.25, 0.3) is 0 Å². The number of nitrogens with zero attached hydrogens (tertiary/aromatic N) is 1. The number of rotatable bonds is 8. The van der Waals surface area contributed by atoms with Crippen molar-refractivity contribution in [2.45, 2.75) is 52.1 Å². The van der Waals surface area contributed by atoms with E-state index in [2.05, 4.69) is 30.3 Å². The summed E-state index contributed by atoms with van der Waals surface area (Å²) in [7, 11) is 2.21. The van der Waals surface area contributed by atoms with Gasteiger partial charge in [-0.15, -0.1) is 0 Å². The fourth-order valence-corrected chi connectivity index (χ4v) is 3.01. The molecule has 1 aromatic heterocycles. The fourth-order valence-electron chi connectivity index (χ4n) is 3.01. The Morgan fingerprint density at radius 1 is 1.37 bits per heavy atom. The van der Waals surface area contributed by atoms with Gasteiger partial charge in [-0.25, -0.2) is 0 Å². The SMILES string of the molecule is CCCNCc1ccoc1CN(C)CC1CCCC1. The van der Waals surface area contributed by atoms with Crippen LogP contribution in [0.15, 0.2) is 16.7 Å². The summed E-state index contributed by atoms with van der Waals surface area (Å²) >= 11 is 0. The van der Waals surface area contributed by atoms with Gasteiger partial charge in [0.25, 0.3) is 0 Å². The number of nitrogens with one attached hydrogen (secondary N) is 1. The third-order valence-corrected chi connectivity index (χ3v) is 4.04. The van der Waals surface area contributed by atoms with E-state index in [4.69, 9.17) is 4.42 Å². The van der Waals surface area contributed by atoms with Crippen LogP contribution in [-0.2, 0) is 13.1 Å². The van der Waals surface area contributed by atoms with Crippen LogP contribution < -0.4 is 5.32 Å². The predicted molar refractivity (Wildman–Crippen MR) is 79.0 cm³/mol. The van der Waals surface area contributed by atoms with Gasteiger partial charge in [-0.3, -0.25) is 4.90 Å². The molecule has 19 heavy (non-hydrogen) atoms. The Morgan fingerprint density at radius 2 is 2.16 bits per heavy atom. The van der Waals surface area contributed by atoms with Crippen molar-refractivity contribution in [3.63, 3.8) is 0 Å². The third kappa shape index (κ3) is 4.66. The van der Waals surface area contributed by atoms with E-state index >= 15 is 0 Å². The molecule has 0 spiro atoms. The van der Waals surface area contributed by atoms with E-state index in [0.717, 1.165) is 31.3 Å². The Balaban J connectivity index is 1.78. The van der Waals surface area contributed by atoms with Gasteiger partial charge in [0.2, 0.25) is 0 Å². The Bertz CT molecular complexity index is 355. The summed E-state index contributed by atoms with van der Waals surface area (Å²) < 4.78 is 5.65. The molecule has 3 heteroatoms. The summed E-state index contributed by atoms with van der Waals surface area (Å²) in [6.45, 7) is 6.34. The van der Waals surface area contributed by atoms with Crippen molar-refractivity contribution in [1.29, 1.82) is 0 Å². The van der Waals surface area contributed by atoms with Crippen LogP contribution in [0, 0.1) is 5.92 Å². The molecule has 0 unspecified atom stereocenters. The van der Waals surface area contributed by atoms with Gasteiger partial charge in [-0.2, -0.15) is 0 Å². The zero-order valence-corrected chi connectivity index (χ0v) is 12.5. The third-order valence-electron chi connectivity index (χ3n) is 4.04. The van der Waals surface area contributed by atoms with Crippen molar-refractivity contribution in [1.82, 2.24) is 10.2 Å². The predicted octanol–water partition coefficient (Wildman–Crippen LogP) is 3.40. The maximum absolute atomic E-state index is 5.65. The van der Waals surface area contributed by atoms with Crippen molar-refractivity contribution in [2.24, 2.45) is 5.92 Å². The lowest BCUT2D eigenvalue weighted by molar-refractivity contribution is 0.250. The van der Waals surface area contributed by atoms with E-state index in [0.29, 0.717) is 0 Å². The van der Waals surface area contributed by atoms with Gasteiger partial charge in [0.15, 0.2) is 0 Å². The Hall–Kier alpha value is -0.800. The maximum Gasteiger partial charge on any atom is 0.122 e. The first kappa shape index (κ1) is 14.6. The summed E-state index contributed by atoms with van der Waals surface area (Å²) in [6, 6.07) is 2.10. The molecule has 1 fully saturated rings. The number of furan rings is 1. The molecule has 0 bridgehead atoms. The molecule has 0 aliphatic heterocycles. The van der Waals surface area contributed by atoms with Crippen molar-refractivity contribution in [3.05, 3.63) is 23.7 Å². The average molecular weight is 264 g/mol. The molecule has 1 heterocycles. The van der Waals surface area contributed by atoms with Crippen molar-refractivity contribution in [2.75, 3.05) is 20.1 Å². The molecule has 0 saturated heterocycles. The van der Waals surface area contributed by atoms with E-state index < -0.39 is 0 Å². The van der Waals surface area contributed by atoms with Crippen LogP contribution in [0.1, 0.15) is 50.4 Å². The number of hydrogen-bond donors (Lipinski definition) is 1. The smallest absolute Gasteiger partial charge is 0.122 e. The molecule has 1 N–H and O–H groups in total. The van der Waals surface area contributed by atoms with Crippen molar-refractivity contribution in [3.8, 4) is 0 Å². The van der Waals surface area contributed by atoms with Gasteiger partial charge in [-0.1, -0.05) is 19.8 Å². The molecule has 0 aromatic carbocycles. The lowest BCUT2D eigenvalue weighted by Crippen LogP contribution is -2.24. The van der Waals surface area contributed by atoms with Gasteiger partial charge in [-0.05, 0) is 44.8 Å². The Kier molecular flexibility index (Phi) is 5.93. The van der Waals surface area contributed by atoms with Crippen molar-refractivity contribution >= 4 is 0 Å². The summed E-state index contributed by atoms with van der Waals surface area (Å²) in [5.74, 6) is 2.03. The second kappa shape index (κ2) is 7.71. The summed E-state index contributed by atoms with van der Waals surface area (Å²) in [4.78, 5) is 2.41. The van der Waals surface area contributed by atoms with Crippen LogP contribution in [0.4, 0.5) is 0 Å². The highest BCUT2D eigenvalue weighted by molar-refractivity contribution is 5.16. The fraction of sp³-hybridized carbons (Fsp3) is 0.750. The molecule has 1 aliphatic rings. The Labute approximate surface area is 117 Å². The maximum atomic E-state index is 5.65.